The van der Waals surface area contributed by atoms with Gasteiger partial charge in [0.05, 0.1) is 23.2 Å². The van der Waals surface area contributed by atoms with E-state index in [2.05, 4.69) is 25.6 Å². The van der Waals surface area contributed by atoms with Crippen molar-refractivity contribution in [2.24, 2.45) is 4.99 Å². The van der Waals surface area contributed by atoms with Crippen molar-refractivity contribution in [1.29, 1.82) is 0 Å². The van der Waals surface area contributed by atoms with Gasteiger partial charge < -0.3 is 24.9 Å². The van der Waals surface area contributed by atoms with Crippen molar-refractivity contribution >= 4 is 33.3 Å². The van der Waals surface area contributed by atoms with Gasteiger partial charge in [-0.2, -0.15) is 0 Å². The highest BCUT2D eigenvalue weighted by atomic mass is 32.2. The molecular formula is C23H29FN6O6S. The van der Waals surface area contributed by atoms with Gasteiger partial charge in [-0.15, -0.1) is 5.06 Å². The van der Waals surface area contributed by atoms with E-state index < -0.39 is 21.8 Å². The maximum atomic E-state index is 14.7. The highest BCUT2D eigenvalue weighted by Gasteiger charge is 2.28. The third-order valence-corrected chi connectivity index (χ3v) is 6.67. The van der Waals surface area contributed by atoms with E-state index in [1.54, 1.807) is 13.8 Å². The predicted octanol–water partition coefficient (Wildman–Crippen LogP) is 2.43. The SMILES string of the molecule is CC(C)OC(=O)ON1CCC(Oc2ncnc(Nc3ccc(S(C)(=O)=O)cc3F)c2C2=NCCN2)CC1. The molecule has 4 rings (SSSR count). The van der Waals surface area contributed by atoms with Crippen LogP contribution >= 0.6 is 0 Å². The molecule has 1 saturated heterocycles. The number of carbonyl (C=O) groups excluding carboxylic acids is 1. The molecule has 12 nitrogen and oxygen atoms in total. The number of ether oxygens (including phenoxy) is 2. The van der Waals surface area contributed by atoms with Crippen LogP contribution in [-0.4, -0.2) is 80.1 Å². The van der Waals surface area contributed by atoms with Crippen molar-refractivity contribution in [1.82, 2.24) is 20.3 Å². The first-order chi connectivity index (χ1) is 17.6. The molecule has 200 valence electrons. The van der Waals surface area contributed by atoms with Gasteiger partial charge in [0.15, 0.2) is 9.84 Å². The number of nitrogens with zero attached hydrogens (tertiary/aromatic N) is 4. The molecule has 2 aliphatic rings. The van der Waals surface area contributed by atoms with E-state index in [9.17, 15) is 17.6 Å². The smallest absolute Gasteiger partial charge is 0.474 e. The molecule has 0 bridgehead atoms. The number of nitrogens with one attached hydrogen (secondary N) is 2. The third kappa shape index (κ3) is 6.83. The van der Waals surface area contributed by atoms with Gasteiger partial charge in [0.2, 0.25) is 5.88 Å². The van der Waals surface area contributed by atoms with Gasteiger partial charge in [0.25, 0.3) is 0 Å². The second kappa shape index (κ2) is 11.3. The number of aromatic nitrogens is 2. The lowest BCUT2D eigenvalue weighted by molar-refractivity contribution is -0.151. The van der Waals surface area contributed by atoms with Crippen molar-refractivity contribution in [3.8, 4) is 5.88 Å². The van der Waals surface area contributed by atoms with Crippen molar-refractivity contribution in [3.05, 3.63) is 35.9 Å². The van der Waals surface area contributed by atoms with Crippen LogP contribution in [0.1, 0.15) is 32.3 Å². The van der Waals surface area contributed by atoms with Crippen LogP contribution in [0.3, 0.4) is 0 Å². The summed E-state index contributed by atoms with van der Waals surface area (Å²) in [6, 6.07) is 3.60. The number of halogens is 1. The number of aliphatic imine (C=N–C) groups is 1. The summed E-state index contributed by atoms with van der Waals surface area (Å²) in [5, 5.41) is 7.61. The molecule has 0 amide bonds. The summed E-state index contributed by atoms with van der Waals surface area (Å²) in [6.07, 6.45) is 2.18. The molecule has 37 heavy (non-hydrogen) atoms. The van der Waals surface area contributed by atoms with Crippen molar-refractivity contribution in [2.75, 3.05) is 37.8 Å². The zero-order valence-electron chi connectivity index (χ0n) is 20.7. The first-order valence-electron chi connectivity index (χ1n) is 11.8. The van der Waals surface area contributed by atoms with Gasteiger partial charge in [-0.05, 0) is 32.0 Å². The zero-order chi connectivity index (χ0) is 26.6. The Hall–Kier alpha value is -3.52. The summed E-state index contributed by atoms with van der Waals surface area (Å²) in [4.78, 5) is 29.8. The van der Waals surface area contributed by atoms with Crippen LogP contribution < -0.4 is 15.4 Å². The summed E-state index contributed by atoms with van der Waals surface area (Å²) in [5.41, 5.74) is 0.474. The van der Waals surface area contributed by atoms with Crippen LogP contribution in [0.5, 0.6) is 5.88 Å². The van der Waals surface area contributed by atoms with Crippen LogP contribution in [0.2, 0.25) is 0 Å². The van der Waals surface area contributed by atoms with Gasteiger partial charge in [-0.25, -0.2) is 27.6 Å². The molecule has 0 unspecified atom stereocenters. The van der Waals surface area contributed by atoms with Crippen LogP contribution in [0.15, 0.2) is 34.4 Å². The van der Waals surface area contributed by atoms with E-state index >= 15 is 0 Å². The van der Waals surface area contributed by atoms with Gasteiger partial charge in [0, 0.05) is 38.7 Å². The minimum atomic E-state index is -3.56. The number of anilines is 2. The fourth-order valence-electron chi connectivity index (χ4n) is 3.81. The molecule has 0 spiro atoms. The van der Waals surface area contributed by atoms with Gasteiger partial charge >= 0.3 is 6.16 Å². The highest BCUT2D eigenvalue weighted by Crippen LogP contribution is 2.30. The van der Waals surface area contributed by atoms with Crippen LogP contribution in [0.4, 0.5) is 20.7 Å². The summed E-state index contributed by atoms with van der Waals surface area (Å²) in [6.45, 7) is 5.53. The molecule has 14 heteroatoms. The van der Waals surface area contributed by atoms with E-state index in [0.29, 0.717) is 50.4 Å². The minimum Gasteiger partial charge on any atom is -0.474 e. The Balaban J connectivity index is 1.51. The van der Waals surface area contributed by atoms with Gasteiger partial charge in [0.1, 0.15) is 35.5 Å². The molecule has 2 aliphatic heterocycles. The lowest BCUT2D eigenvalue weighted by Gasteiger charge is -2.30. The molecule has 0 aliphatic carbocycles. The summed E-state index contributed by atoms with van der Waals surface area (Å²) >= 11 is 0. The molecule has 3 heterocycles. The number of carbonyl (C=O) groups is 1. The number of benzene rings is 1. The van der Waals surface area contributed by atoms with Crippen LogP contribution in [-0.2, 0) is 19.4 Å². The van der Waals surface area contributed by atoms with Gasteiger partial charge in [-0.1, -0.05) is 0 Å². The van der Waals surface area contributed by atoms with E-state index in [1.807, 2.05) is 0 Å². The summed E-state index contributed by atoms with van der Waals surface area (Å²) in [5.74, 6) is 0.266. The van der Waals surface area contributed by atoms with Crippen molar-refractivity contribution in [2.45, 2.75) is 43.8 Å². The van der Waals surface area contributed by atoms with Crippen LogP contribution in [0, 0.1) is 5.82 Å². The highest BCUT2D eigenvalue weighted by molar-refractivity contribution is 7.90. The molecule has 1 aromatic heterocycles. The Labute approximate surface area is 214 Å². The number of hydrogen-bond donors (Lipinski definition) is 2. The Morgan fingerprint density at radius 2 is 2.00 bits per heavy atom. The average Bonchev–Trinajstić information content (AvgIpc) is 3.35. The maximum absolute atomic E-state index is 14.7. The quantitative estimate of drug-likeness (QED) is 0.480. The molecule has 2 N–H and O–H groups in total. The minimum absolute atomic E-state index is 0.0376. The number of piperidine rings is 1. The van der Waals surface area contributed by atoms with E-state index in [-0.39, 0.29) is 34.5 Å². The standard InChI is InChI=1S/C23H29FN6O6S/c1-14(2)34-23(31)36-30-10-6-15(7-11-30)35-22-19(20-25-8-9-26-20)21(27-13-28-22)29-18-5-4-16(12-17(18)24)37(3,32)33/h4-5,12-15H,6-11H2,1-3H3,(H,25,26)(H,27,28,29). The number of rotatable bonds is 8. The molecule has 0 atom stereocenters. The van der Waals surface area contributed by atoms with E-state index in [0.717, 1.165) is 12.3 Å². The number of hydrogen-bond acceptors (Lipinski definition) is 12. The zero-order valence-corrected chi connectivity index (χ0v) is 21.5. The third-order valence-electron chi connectivity index (χ3n) is 5.56. The van der Waals surface area contributed by atoms with E-state index in [4.69, 9.17) is 14.3 Å². The Kier molecular flexibility index (Phi) is 8.07. The van der Waals surface area contributed by atoms with Crippen molar-refractivity contribution in [3.63, 3.8) is 0 Å². The molecular weight excluding hydrogens is 507 g/mol. The summed E-state index contributed by atoms with van der Waals surface area (Å²) in [7, 11) is -3.56. The first kappa shape index (κ1) is 26.5. The lowest BCUT2D eigenvalue weighted by atomic mass is 10.1. The molecule has 1 fully saturated rings. The van der Waals surface area contributed by atoms with Gasteiger partial charge in [-0.3, -0.25) is 4.99 Å². The number of hydroxylamine groups is 2. The summed E-state index contributed by atoms with van der Waals surface area (Å²) < 4.78 is 49.5. The predicted molar refractivity (Wildman–Crippen MR) is 132 cm³/mol. The van der Waals surface area contributed by atoms with E-state index in [1.165, 1.54) is 23.5 Å². The average molecular weight is 537 g/mol. The second-order valence-corrected chi connectivity index (χ2v) is 10.9. The number of amidine groups is 1. The molecule has 2 aromatic rings. The lowest BCUT2D eigenvalue weighted by Crippen LogP contribution is -2.40. The first-order valence-corrected chi connectivity index (χ1v) is 13.7. The fourth-order valence-corrected chi connectivity index (χ4v) is 4.44. The topological polar surface area (TPSA) is 144 Å². The normalized spacial score (nSPS) is 16.7. The Morgan fingerprint density at radius 3 is 2.62 bits per heavy atom. The van der Waals surface area contributed by atoms with Crippen LogP contribution in [0.25, 0.3) is 0 Å². The largest absolute Gasteiger partial charge is 0.528 e. The Morgan fingerprint density at radius 1 is 1.24 bits per heavy atom. The fraction of sp³-hybridized carbons (Fsp3) is 0.478. The Bertz CT molecular complexity index is 1280. The molecule has 0 radical (unpaired) electrons. The second-order valence-electron chi connectivity index (χ2n) is 8.85. The molecule has 0 saturated carbocycles. The molecule has 1 aromatic carbocycles. The maximum Gasteiger partial charge on any atom is 0.528 e. The van der Waals surface area contributed by atoms with Crippen molar-refractivity contribution < 1.29 is 31.9 Å². The number of sulfone groups is 1. The monoisotopic (exact) mass is 536 g/mol.